The molecule has 0 saturated carbocycles. The van der Waals surface area contributed by atoms with E-state index in [4.69, 9.17) is 14.2 Å². The number of benzene rings is 2. The lowest BCUT2D eigenvalue weighted by molar-refractivity contribution is -0.155. The van der Waals surface area contributed by atoms with Gasteiger partial charge in [0, 0.05) is 6.07 Å². The fourth-order valence-corrected chi connectivity index (χ4v) is 2.37. The molecule has 6 nitrogen and oxygen atoms in total. The topological polar surface area (TPSA) is 73.9 Å². The highest BCUT2D eigenvalue weighted by atomic mass is 19.1. The summed E-state index contributed by atoms with van der Waals surface area (Å²) in [6.45, 7) is 4.50. The molecule has 1 atom stereocenters. The molecule has 8 heteroatoms. The highest BCUT2D eigenvalue weighted by molar-refractivity contribution is 5.95. The summed E-state index contributed by atoms with van der Waals surface area (Å²) in [5.74, 6) is -2.39. The van der Waals surface area contributed by atoms with Crippen LogP contribution in [0, 0.1) is 11.6 Å². The smallest absolute Gasteiger partial charge is 0.344 e. The van der Waals surface area contributed by atoms with Gasteiger partial charge in [-0.3, -0.25) is 4.79 Å². The van der Waals surface area contributed by atoms with E-state index in [9.17, 15) is 18.4 Å². The minimum absolute atomic E-state index is 0.330. The summed E-state index contributed by atoms with van der Waals surface area (Å²) in [4.78, 5) is 24.0. The van der Waals surface area contributed by atoms with E-state index in [1.807, 2.05) is 0 Å². The van der Waals surface area contributed by atoms with E-state index >= 15 is 0 Å². The predicted octanol–water partition coefficient (Wildman–Crippen LogP) is 3.65. The summed E-state index contributed by atoms with van der Waals surface area (Å²) in [5.41, 5.74) is 0.611. The van der Waals surface area contributed by atoms with Crippen molar-refractivity contribution in [3.63, 3.8) is 0 Å². The summed E-state index contributed by atoms with van der Waals surface area (Å²) in [7, 11) is 1.47. The molecule has 0 aliphatic carbocycles. The molecule has 0 bridgehead atoms. The van der Waals surface area contributed by atoms with E-state index in [-0.39, 0.29) is 5.69 Å². The molecule has 0 unspecified atom stereocenters. The minimum atomic E-state index is -1.24. The summed E-state index contributed by atoms with van der Waals surface area (Å²) in [6.07, 6.45) is 1.15. The van der Waals surface area contributed by atoms with Gasteiger partial charge in [0.1, 0.15) is 11.6 Å². The average Bonchev–Trinajstić information content (AvgIpc) is 2.69. The summed E-state index contributed by atoms with van der Waals surface area (Å²) < 4.78 is 42.3. The lowest BCUT2D eigenvalue weighted by atomic mass is 10.1. The Labute approximate surface area is 167 Å². The van der Waals surface area contributed by atoms with Crippen LogP contribution < -0.4 is 14.8 Å². The molecule has 154 valence electrons. The number of amides is 1. The molecule has 2 rings (SSSR count). The van der Waals surface area contributed by atoms with Gasteiger partial charge < -0.3 is 19.5 Å². The molecule has 0 saturated heterocycles. The maximum absolute atomic E-state index is 13.6. The lowest BCUT2D eigenvalue weighted by Crippen LogP contribution is -2.32. The molecular formula is C21H21F2NO5. The van der Waals surface area contributed by atoms with Gasteiger partial charge in [-0.15, -0.1) is 6.58 Å². The number of carbonyl (C=O) groups excluding carboxylic acids is 2. The zero-order valence-electron chi connectivity index (χ0n) is 16.0. The van der Waals surface area contributed by atoms with Crippen molar-refractivity contribution >= 4 is 17.6 Å². The number of hydrogen-bond donors (Lipinski definition) is 1. The SMILES string of the molecule is C=CCc1ccc(OCC(=O)O[C@@H](C)C(=O)Nc2cc(F)ccc2F)c(OC)c1. The molecule has 2 aromatic rings. The first-order valence-electron chi connectivity index (χ1n) is 8.70. The molecule has 0 radical (unpaired) electrons. The van der Waals surface area contributed by atoms with E-state index in [1.165, 1.54) is 14.0 Å². The van der Waals surface area contributed by atoms with Crippen LogP contribution in [0.2, 0.25) is 0 Å². The third-order valence-corrected chi connectivity index (χ3v) is 3.82. The van der Waals surface area contributed by atoms with Crippen LogP contribution in [0.15, 0.2) is 49.1 Å². The Balaban J connectivity index is 1.90. The standard InChI is InChI=1S/C21H21F2NO5/c1-4-5-14-6-9-18(19(10-14)27-3)28-12-20(25)29-13(2)21(26)24-17-11-15(22)7-8-16(17)23/h4,6-11,13H,1,5,12H2,2-3H3,(H,24,26)/t13-/m0/s1. The van der Waals surface area contributed by atoms with E-state index in [0.29, 0.717) is 17.9 Å². The van der Waals surface area contributed by atoms with Gasteiger partial charge in [-0.05, 0) is 43.2 Å². The molecule has 1 N–H and O–H groups in total. The number of methoxy groups -OCH3 is 1. The maximum Gasteiger partial charge on any atom is 0.344 e. The van der Waals surface area contributed by atoms with Gasteiger partial charge >= 0.3 is 5.97 Å². The molecule has 0 heterocycles. The number of ether oxygens (including phenoxy) is 3. The second-order valence-corrected chi connectivity index (χ2v) is 6.01. The Morgan fingerprint density at radius 3 is 2.62 bits per heavy atom. The van der Waals surface area contributed by atoms with Crippen molar-refractivity contribution in [3.05, 3.63) is 66.3 Å². The van der Waals surface area contributed by atoms with Crippen LogP contribution in [0.5, 0.6) is 11.5 Å². The third-order valence-electron chi connectivity index (χ3n) is 3.82. The molecule has 2 aromatic carbocycles. The van der Waals surface area contributed by atoms with Gasteiger partial charge in [0.25, 0.3) is 5.91 Å². The monoisotopic (exact) mass is 405 g/mol. The fourth-order valence-electron chi connectivity index (χ4n) is 2.37. The van der Waals surface area contributed by atoms with Crippen LogP contribution in [0.1, 0.15) is 12.5 Å². The Morgan fingerprint density at radius 2 is 1.93 bits per heavy atom. The second-order valence-electron chi connectivity index (χ2n) is 6.01. The molecule has 0 aliphatic rings. The summed E-state index contributed by atoms with van der Waals surface area (Å²) in [5, 5.41) is 2.17. The maximum atomic E-state index is 13.6. The van der Waals surface area contributed by atoms with Crippen LogP contribution in [0.3, 0.4) is 0 Å². The number of esters is 1. The summed E-state index contributed by atoms with van der Waals surface area (Å²) in [6, 6.07) is 7.83. The van der Waals surface area contributed by atoms with Crippen molar-refractivity contribution in [2.24, 2.45) is 0 Å². The quantitative estimate of drug-likeness (QED) is 0.509. The lowest BCUT2D eigenvalue weighted by Gasteiger charge is -2.15. The molecule has 0 aromatic heterocycles. The second kappa shape index (κ2) is 10.2. The fraction of sp³-hybridized carbons (Fsp3) is 0.238. The molecule has 0 fully saturated rings. The van der Waals surface area contributed by atoms with Crippen molar-refractivity contribution in [1.82, 2.24) is 0 Å². The summed E-state index contributed by atoms with van der Waals surface area (Å²) >= 11 is 0. The first kappa shape index (κ1) is 21.9. The van der Waals surface area contributed by atoms with Crippen LogP contribution in [0.25, 0.3) is 0 Å². The Kier molecular flexibility index (Phi) is 7.70. The van der Waals surface area contributed by atoms with Crippen molar-refractivity contribution in [2.45, 2.75) is 19.4 Å². The van der Waals surface area contributed by atoms with Crippen LogP contribution in [0.4, 0.5) is 14.5 Å². The molecule has 1 amide bonds. The van der Waals surface area contributed by atoms with Gasteiger partial charge in [0.2, 0.25) is 0 Å². The number of hydrogen-bond acceptors (Lipinski definition) is 5. The van der Waals surface area contributed by atoms with Gasteiger partial charge in [-0.25, -0.2) is 13.6 Å². The highest BCUT2D eigenvalue weighted by Crippen LogP contribution is 2.28. The number of rotatable bonds is 9. The number of anilines is 1. The van der Waals surface area contributed by atoms with Crippen molar-refractivity contribution in [1.29, 1.82) is 0 Å². The normalized spacial score (nSPS) is 11.3. The minimum Gasteiger partial charge on any atom is -0.493 e. The van der Waals surface area contributed by atoms with Crippen LogP contribution in [-0.4, -0.2) is 31.7 Å². The van der Waals surface area contributed by atoms with Crippen LogP contribution >= 0.6 is 0 Å². The van der Waals surface area contributed by atoms with E-state index in [1.54, 1.807) is 24.3 Å². The number of nitrogens with one attached hydrogen (secondary N) is 1. The number of allylic oxidation sites excluding steroid dienone is 1. The third kappa shape index (κ3) is 6.31. The Bertz CT molecular complexity index is 901. The van der Waals surface area contributed by atoms with Crippen molar-refractivity contribution < 1.29 is 32.6 Å². The zero-order chi connectivity index (χ0) is 21.4. The van der Waals surface area contributed by atoms with Crippen LogP contribution in [-0.2, 0) is 20.7 Å². The Hall–Kier alpha value is -3.42. The molecule has 29 heavy (non-hydrogen) atoms. The highest BCUT2D eigenvalue weighted by Gasteiger charge is 2.20. The molecule has 0 spiro atoms. The van der Waals surface area contributed by atoms with E-state index in [2.05, 4.69) is 11.9 Å². The number of carbonyl (C=O) groups is 2. The largest absolute Gasteiger partial charge is 0.493 e. The van der Waals surface area contributed by atoms with Gasteiger partial charge in [0.15, 0.2) is 24.2 Å². The first-order chi connectivity index (χ1) is 13.8. The molecule has 0 aliphatic heterocycles. The van der Waals surface area contributed by atoms with Crippen molar-refractivity contribution in [3.8, 4) is 11.5 Å². The van der Waals surface area contributed by atoms with Gasteiger partial charge in [-0.2, -0.15) is 0 Å². The van der Waals surface area contributed by atoms with Gasteiger partial charge in [0.05, 0.1) is 12.8 Å². The first-order valence-corrected chi connectivity index (χ1v) is 8.70. The van der Waals surface area contributed by atoms with Crippen molar-refractivity contribution in [2.75, 3.05) is 19.0 Å². The Morgan fingerprint density at radius 1 is 1.17 bits per heavy atom. The zero-order valence-corrected chi connectivity index (χ0v) is 16.0. The van der Waals surface area contributed by atoms with Gasteiger partial charge in [-0.1, -0.05) is 12.1 Å². The molecular weight excluding hydrogens is 384 g/mol. The van der Waals surface area contributed by atoms with E-state index in [0.717, 1.165) is 23.8 Å². The number of halogens is 2. The predicted molar refractivity (Wildman–Crippen MR) is 103 cm³/mol. The van der Waals surface area contributed by atoms with E-state index < -0.39 is 36.2 Å². The average molecular weight is 405 g/mol.